The number of ether oxygens (including phenoxy) is 1. The first-order chi connectivity index (χ1) is 11.1. The van der Waals surface area contributed by atoms with Crippen molar-refractivity contribution in [2.45, 2.75) is 27.2 Å². The summed E-state index contributed by atoms with van der Waals surface area (Å²) in [6.45, 7) is 8.02. The van der Waals surface area contributed by atoms with Crippen LogP contribution in [0.3, 0.4) is 0 Å². The second kappa shape index (κ2) is 6.19. The van der Waals surface area contributed by atoms with Crippen LogP contribution in [0.4, 0.5) is 5.82 Å². The molecule has 1 unspecified atom stereocenters. The normalized spacial score (nSPS) is 21.1. The fourth-order valence-corrected chi connectivity index (χ4v) is 3.41. The zero-order valence-electron chi connectivity index (χ0n) is 14.1. The Balaban J connectivity index is 1.88. The molecular formula is C19H24N2O2. The molecule has 1 fully saturated rings. The van der Waals surface area contributed by atoms with Gasteiger partial charge in [-0.15, -0.1) is 0 Å². The van der Waals surface area contributed by atoms with Crippen LogP contribution in [0.15, 0.2) is 36.4 Å². The minimum atomic E-state index is -0.427. The second-order valence-corrected chi connectivity index (χ2v) is 6.57. The lowest BCUT2D eigenvalue weighted by Crippen LogP contribution is -2.40. The van der Waals surface area contributed by atoms with E-state index >= 15 is 0 Å². The number of anilines is 1. The first-order valence-corrected chi connectivity index (χ1v) is 8.35. The Morgan fingerprint density at radius 1 is 1.30 bits per heavy atom. The lowest BCUT2D eigenvalue weighted by molar-refractivity contribution is -0.156. The predicted molar refractivity (Wildman–Crippen MR) is 92.5 cm³/mol. The highest BCUT2D eigenvalue weighted by Gasteiger charge is 2.48. The van der Waals surface area contributed by atoms with E-state index in [0.717, 1.165) is 29.7 Å². The maximum atomic E-state index is 12.5. The van der Waals surface area contributed by atoms with Crippen LogP contribution in [0.5, 0.6) is 0 Å². The maximum absolute atomic E-state index is 12.5. The number of hydrogen-bond donors (Lipinski definition) is 0. The summed E-state index contributed by atoms with van der Waals surface area (Å²) in [4.78, 5) is 19.5. The number of esters is 1. The molecule has 2 heterocycles. The molecule has 0 amide bonds. The summed E-state index contributed by atoms with van der Waals surface area (Å²) in [5, 5.41) is 1.14. The molecular weight excluding hydrogens is 288 g/mol. The van der Waals surface area contributed by atoms with Gasteiger partial charge in [0.25, 0.3) is 0 Å². The summed E-state index contributed by atoms with van der Waals surface area (Å²) in [5.41, 5.74) is 0.562. The summed E-state index contributed by atoms with van der Waals surface area (Å²) in [6.07, 6.45) is 0.817. The average Bonchev–Trinajstić information content (AvgIpc) is 3.01. The highest BCUT2D eigenvalue weighted by atomic mass is 16.5. The molecule has 4 nitrogen and oxygen atoms in total. The van der Waals surface area contributed by atoms with Crippen LogP contribution in [0.2, 0.25) is 0 Å². The van der Waals surface area contributed by atoms with E-state index in [1.54, 1.807) is 0 Å². The van der Waals surface area contributed by atoms with Gasteiger partial charge in [-0.1, -0.05) is 32.0 Å². The third-order valence-corrected chi connectivity index (χ3v) is 5.00. The van der Waals surface area contributed by atoms with Gasteiger partial charge in [0.15, 0.2) is 0 Å². The van der Waals surface area contributed by atoms with Gasteiger partial charge < -0.3 is 9.64 Å². The minimum absolute atomic E-state index is 0.0710. The molecule has 1 saturated heterocycles. The molecule has 1 aliphatic heterocycles. The predicted octanol–water partition coefficient (Wildman–Crippen LogP) is 3.65. The van der Waals surface area contributed by atoms with Gasteiger partial charge in [0.2, 0.25) is 0 Å². The maximum Gasteiger partial charge on any atom is 0.314 e. The van der Waals surface area contributed by atoms with Gasteiger partial charge in [-0.3, -0.25) is 4.79 Å². The Hall–Kier alpha value is -2.10. The minimum Gasteiger partial charge on any atom is -0.466 e. The number of hydrogen-bond acceptors (Lipinski definition) is 4. The van der Waals surface area contributed by atoms with E-state index in [1.165, 1.54) is 0 Å². The topological polar surface area (TPSA) is 42.4 Å². The lowest BCUT2D eigenvalue weighted by Gasteiger charge is -2.31. The quantitative estimate of drug-likeness (QED) is 0.808. The van der Waals surface area contributed by atoms with E-state index in [2.05, 4.69) is 30.9 Å². The monoisotopic (exact) mass is 312 g/mol. The lowest BCUT2D eigenvalue weighted by atomic mass is 9.76. The number of rotatable bonds is 4. The molecule has 0 saturated carbocycles. The van der Waals surface area contributed by atoms with Crippen molar-refractivity contribution in [1.82, 2.24) is 4.98 Å². The molecule has 1 atom stereocenters. The summed E-state index contributed by atoms with van der Waals surface area (Å²) in [7, 11) is 0. The van der Waals surface area contributed by atoms with E-state index in [1.807, 2.05) is 31.2 Å². The Morgan fingerprint density at radius 3 is 2.83 bits per heavy atom. The van der Waals surface area contributed by atoms with Crippen LogP contribution in [0, 0.1) is 11.3 Å². The van der Waals surface area contributed by atoms with Gasteiger partial charge in [0.05, 0.1) is 17.5 Å². The first kappa shape index (κ1) is 15.8. The number of pyridine rings is 1. The van der Waals surface area contributed by atoms with Crippen molar-refractivity contribution >= 4 is 22.7 Å². The number of nitrogens with zero attached hydrogens (tertiary/aromatic N) is 2. The Bertz CT molecular complexity index is 713. The molecule has 1 aliphatic rings. The third kappa shape index (κ3) is 2.78. The Morgan fingerprint density at radius 2 is 2.09 bits per heavy atom. The molecule has 0 radical (unpaired) electrons. The summed E-state index contributed by atoms with van der Waals surface area (Å²) in [6, 6.07) is 12.2. The number of para-hydroxylation sites is 1. The Labute approximate surface area is 137 Å². The van der Waals surface area contributed by atoms with Crippen LogP contribution < -0.4 is 4.90 Å². The zero-order valence-corrected chi connectivity index (χ0v) is 14.1. The van der Waals surface area contributed by atoms with Gasteiger partial charge in [-0.2, -0.15) is 0 Å². The van der Waals surface area contributed by atoms with Gasteiger partial charge in [-0.25, -0.2) is 4.98 Å². The van der Waals surface area contributed by atoms with E-state index in [-0.39, 0.29) is 11.9 Å². The molecule has 3 rings (SSSR count). The SMILES string of the molecule is CCOC(=O)C1(C(C)C)CCN(c2ccc3ccccc3n2)C1. The third-order valence-electron chi connectivity index (χ3n) is 5.00. The van der Waals surface area contributed by atoms with Crippen LogP contribution >= 0.6 is 0 Å². The van der Waals surface area contributed by atoms with Gasteiger partial charge in [0.1, 0.15) is 5.82 Å². The fraction of sp³-hybridized carbons (Fsp3) is 0.474. The number of carbonyl (C=O) groups is 1. The van der Waals surface area contributed by atoms with E-state index in [0.29, 0.717) is 13.2 Å². The van der Waals surface area contributed by atoms with Crippen LogP contribution in [0.25, 0.3) is 10.9 Å². The molecule has 0 spiro atoms. The smallest absolute Gasteiger partial charge is 0.314 e. The van der Waals surface area contributed by atoms with Crippen molar-refractivity contribution in [3.63, 3.8) is 0 Å². The summed E-state index contributed by atoms with van der Waals surface area (Å²) >= 11 is 0. The number of fused-ring (bicyclic) bond motifs is 1. The fourth-order valence-electron chi connectivity index (χ4n) is 3.41. The first-order valence-electron chi connectivity index (χ1n) is 8.35. The average molecular weight is 312 g/mol. The standard InChI is InChI=1S/C19H24N2O2/c1-4-23-18(22)19(14(2)3)11-12-21(13-19)17-10-9-15-7-5-6-8-16(15)20-17/h5-10,14H,4,11-13H2,1-3H3. The molecule has 4 heteroatoms. The van der Waals surface area contributed by atoms with E-state index in [9.17, 15) is 4.79 Å². The zero-order chi connectivity index (χ0) is 16.4. The van der Waals surface area contributed by atoms with E-state index in [4.69, 9.17) is 9.72 Å². The van der Waals surface area contributed by atoms with Gasteiger partial charge >= 0.3 is 5.97 Å². The van der Waals surface area contributed by atoms with Crippen LogP contribution in [-0.2, 0) is 9.53 Å². The molecule has 122 valence electrons. The molecule has 0 aliphatic carbocycles. The largest absolute Gasteiger partial charge is 0.466 e. The highest BCUT2D eigenvalue weighted by Crippen LogP contribution is 2.40. The molecule has 23 heavy (non-hydrogen) atoms. The van der Waals surface area contributed by atoms with Crippen molar-refractivity contribution in [1.29, 1.82) is 0 Å². The van der Waals surface area contributed by atoms with E-state index < -0.39 is 5.41 Å². The van der Waals surface area contributed by atoms with Crippen molar-refractivity contribution in [3.05, 3.63) is 36.4 Å². The summed E-state index contributed by atoms with van der Waals surface area (Å²) in [5.74, 6) is 1.11. The number of aromatic nitrogens is 1. The molecule has 1 aromatic heterocycles. The molecule has 0 N–H and O–H groups in total. The van der Waals surface area contributed by atoms with Crippen molar-refractivity contribution in [3.8, 4) is 0 Å². The Kier molecular flexibility index (Phi) is 4.24. The van der Waals surface area contributed by atoms with Gasteiger partial charge in [-0.05, 0) is 37.5 Å². The van der Waals surface area contributed by atoms with Crippen molar-refractivity contribution in [2.24, 2.45) is 11.3 Å². The van der Waals surface area contributed by atoms with Crippen LogP contribution in [-0.4, -0.2) is 30.6 Å². The van der Waals surface area contributed by atoms with Gasteiger partial charge in [0, 0.05) is 18.5 Å². The molecule has 0 bridgehead atoms. The molecule has 1 aromatic carbocycles. The highest BCUT2D eigenvalue weighted by molar-refractivity contribution is 5.81. The summed E-state index contributed by atoms with van der Waals surface area (Å²) < 4.78 is 5.36. The number of benzene rings is 1. The molecule has 2 aromatic rings. The number of carbonyl (C=O) groups excluding carboxylic acids is 1. The second-order valence-electron chi connectivity index (χ2n) is 6.57. The van der Waals surface area contributed by atoms with Crippen LogP contribution in [0.1, 0.15) is 27.2 Å². The van der Waals surface area contributed by atoms with Crippen molar-refractivity contribution < 1.29 is 9.53 Å². The van der Waals surface area contributed by atoms with Crippen molar-refractivity contribution in [2.75, 3.05) is 24.6 Å².